The van der Waals surface area contributed by atoms with Gasteiger partial charge in [-0.15, -0.1) is 0 Å². The summed E-state index contributed by atoms with van der Waals surface area (Å²) < 4.78 is 0. The number of para-hydroxylation sites is 1. The SMILES string of the molecule is CCC(C)Cc1ccc2c(C(=O)NC(N)=Nc3ccccc3)ccnc2c1. The van der Waals surface area contributed by atoms with E-state index in [1.54, 1.807) is 12.3 Å². The van der Waals surface area contributed by atoms with Crippen molar-refractivity contribution in [2.45, 2.75) is 26.7 Å². The Morgan fingerprint density at radius 2 is 1.96 bits per heavy atom. The summed E-state index contributed by atoms with van der Waals surface area (Å²) in [7, 11) is 0. The second-order valence-electron chi connectivity index (χ2n) is 6.71. The number of benzene rings is 2. The fraction of sp³-hybridized carbons (Fsp3) is 0.227. The monoisotopic (exact) mass is 360 g/mol. The van der Waals surface area contributed by atoms with Crippen molar-refractivity contribution in [3.05, 3.63) is 71.9 Å². The Balaban J connectivity index is 1.83. The molecule has 0 aliphatic heterocycles. The summed E-state index contributed by atoms with van der Waals surface area (Å²) in [4.78, 5) is 21.3. The Kier molecular flexibility index (Phi) is 5.81. The van der Waals surface area contributed by atoms with Gasteiger partial charge in [0.1, 0.15) is 0 Å². The van der Waals surface area contributed by atoms with E-state index >= 15 is 0 Å². The molecule has 3 rings (SSSR count). The number of rotatable bonds is 5. The molecule has 1 unspecified atom stereocenters. The van der Waals surface area contributed by atoms with Gasteiger partial charge in [0.05, 0.1) is 16.8 Å². The lowest BCUT2D eigenvalue weighted by atomic mass is 9.97. The average molecular weight is 360 g/mol. The van der Waals surface area contributed by atoms with Crippen molar-refractivity contribution in [2.24, 2.45) is 16.6 Å². The van der Waals surface area contributed by atoms with Crippen LogP contribution in [-0.2, 0) is 6.42 Å². The maximum atomic E-state index is 12.7. The number of nitrogens with one attached hydrogen (secondary N) is 1. The highest BCUT2D eigenvalue weighted by atomic mass is 16.1. The van der Waals surface area contributed by atoms with Gasteiger partial charge in [0, 0.05) is 11.6 Å². The van der Waals surface area contributed by atoms with Crippen molar-refractivity contribution in [2.75, 3.05) is 0 Å². The normalized spacial score (nSPS) is 12.7. The van der Waals surface area contributed by atoms with Crippen LogP contribution in [0.25, 0.3) is 10.9 Å². The highest BCUT2D eigenvalue weighted by Crippen LogP contribution is 2.21. The highest BCUT2D eigenvalue weighted by molar-refractivity contribution is 6.12. The lowest BCUT2D eigenvalue weighted by Crippen LogP contribution is -2.36. The Bertz CT molecular complexity index is 966. The maximum Gasteiger partial charge on any atom is 0.258 e. The number of hydrogen-bond acceptors (Lipinski definition) is 3. The number of aliphatic imine (C=N–C) groups is 1. The van der Waals surface area contributed by atoms with Gasteiger partial charge in [-0.3, -0.25) is 15.1 Å². The molecule has 138 valence electrons. The molecule has 0 radical (unpaired) electrons. The van der Waals surface area contributed by atoms with Gasteiger partial charge in [-0.1, -0.05) is 50.6 Å². The molecule has 0 saturated carbocycles. The van der Waals surface area contributed by atoms with Crippen LogP contribution in [-0.4, -0.2) is 16.9 Å². The standard InChI is InChI=1S/C22H24N4O/c1-3-15(2)13-16-9-10-18-19(11-12-24-20(18)14-16)21(27)26-22(23)25-17-7-5-4-6-8-17/h4-12,14-15H,3,13H2,1-2H3,(H3,23,25,26,27). The number of guanidine groups is 1. The zero-order chi connectivity index (χ0) is 19.2. The molecule has 1 amide bonds. The van der Waals surface area contributed by atoms with Crippen molar-refractivity contribution < 1.29 is 4.79 Å². The number of nitrogens with zero attached hydrogens (tertiary/aromatic N) is 2. The fourth-order valence-electron chi connectivity index (χ4n) is 2.92. The van der Waals surface area contributed by atoms with Crippen LogP contribution in [0.15, 0.2) is 65.8 Å². The first-order chi connectivity index (χ1) is 13.1. The summed E-state index contributed by atoms with van der Waals surface area (Å²) in [6.07, 6.45) is 3.78. The summed E-state index contributed by atoms with van der Waals surface area (Å²) in [6.45, 7) is 4.42. The van der Waals surface area contributed by atoms with E-state index in [0.717, 1.165) is 23.7 Å². The van der Waals surface area contributed by atoms with Gasteiger partial charge in [-0.2, -0.15) is 0 Å². The second kappa shape index (κ2) is 8.45. The second-order valence-corrected chi connectivity index (χ2v) is 6.71. The molecule has 1 heterocycles. The van der Waals surface area contributed by atoms with E-state index in [1.165, 1.54) is 5.56 Å². The zero-order valence-electron chi connectivity index (χ0n) is 15.6. The number of carbonyl (C=O) groups is 1. The largest absolute Gasteiger partial charge is 0.369 e. The van der Waals surface area contributed by atoms with Crippen molar-refractivity contribution in [1.82, 2.24) is 10.3 Å². The molecule has 0 saturated heterocycles. The Hall–Kier alpha value is -3.21. The molecule has 5 heteroatoms. The van der Waals surface area contributed by atoms with Gasteiger partial charge in [0.2, 0.25) is 5.96 Å². The molecule has 0 aliphatic rings. The molecule has 0 spiro atoms. The number of pyridine rings is 1. The number of fused-ring (bicyclic) bond motifs is 1. The number of nitrogens with two attached hydrogens (primary N) is 1. The van der Waals surface area contributed by atoms with Crippen molar-refractivity contribution in [1.29, 1.82) is 0 Å². The molecule has 5 nitrogen and oxygen atoms in total. The minimum atomic E-state index is -0.297. The van der Waals surface area contributed by atoms with Crippen molar-refractivity contribution >= 4 is 28.5 Å². The lowest BCUT2D eigenvalue weighted by molar-refractivity contribution is 0.0978. The topological polar surface area (TPSA) is 80.4 Å². The first-order valence-electron chi connectivity index (χ1n) is 9.15. The van der Waals surface area contributed by atoms with E-state index in [1.807, 2.05) is 36.4 Å². The molecule has 0 aliphatic carbocycles. The quantitative estimate of drug-likeness (QED) is 0.528. The summed E-state index contributed by atoms with van der Waals surface area (Å²) in [5.74, 6) is 0.377. The highest BCUT2D eigenvalue weighted by Gasteiger charge is 2.12. The minimum Gasteiger partial charge on any atom is -0.369 e. The van der Waals surface area contributed by atoms with Crippen LogP contribution in [0.3, 0.4) is 0 Å². The van der Waals surface area contributed by atoms with Crippen LogP contribution in [0, 0.1) is 5.92 Å². The van der Waals surface area contributed by atoms with Gasteiger partial charge in [0.25, 0.3) is 5.91 Å². The number of carbonyl (C=O) groups excluding carboxylic acids is 1. The molecule has 1 atom stereocenters. The first-order valence-corrected chi connectivity index (χ1v) is 9.15. The average Bonchev–Trinajstić information content (AvgIpc) is 2.67. The van der Waals surface area contributed by atoms with E-state index in [2.05, 4.69) is 41.3 Å². The minimum absolute atomic E-state index is 0.0598. The molecular weight excluding hydrogens is 336 g/mol. The number of hydrogen-bond donors (Lipinski definition) is 2. The van der Waals surface area contributed by atoms with Gasteiger partial charge in [0.15, 0.2) is 0 Å². The van der Waals surface area contributed by atoms with Crippen LogP contribution in [0.2, 0.25) is 0 Å². The van der Waals surface area contributed by atoms with Crippen LogP contribution in [0.5, 0.6) is 0 Å². The van der Waals surface area contributed by atoms with Crippen LogP contribution < -0.4 is 11.1 Å². The molecule has 2 aromatic carbocycles. The van der Waals surface area contributed by atoms with Crippen LogP contribution in [0.1, 0.15) is 36.2 Å². The smallest absolute Gasteiger partial charge is 0.258 e. The Morgan fingerprint density at radius 1 is 1.19 bits per heavy atom. The van der Waals surface area contributed by atoms with E-state index in [-0.39, 0.29) is 11.9 Å². The summed E-state index contributed by atoms with van der Waals surface area (Å²) in [5.41, 5.74) is 9.13. The molecule has 0 fully saturated rings. The molecule has 27 heavy (non-hydrogen) atoms. The summed E-state index contributed by atoms with van der Waals surface area (Å²) >= 11 is 0. The molecule has 0 bridgehead atoms. The number of aromatic nitrogens is 1. The third-order valence-electron chi connectivity index (χ3n) is 4.58. The molecule has 3 aromatic rings. The number of amides is 1. The first kappa shape index (κ1) is 18.6. The molecule has 3 N–H and O–H groups in total. The predicted molar refractivity (Wildman–Crippen MR) is 110 cm³/mol. The van der Waals surface area contributed by atoms with Crippen molar-refractivity contribution in [3.63, 3.8) is 0 Å². The van der Waals surface area contributed by atoms with Crippen LogP contribution >= 0.6 is 0 Å². The summed E-state index contributed by atoms with van der Waals surface area (Å²) in [6, 6.07) is 17.0. The van der Waals surface area contributed by atoms with Gasteiger partial charge >= 0.3 is 0 Å². The third kappa shape index (κ3) is 4.70. The van der Waals surface area contributed by atoms with E-state index in [0.29, 0.717) is 17.2 Å². The van der Waals surface area contributed by atoms with Gasteiger partial charge < -0.3 is 5.73 Å². The predicted octanol–water partition coefficient (Wildman–Crippen LogP) is 4.20. The Morgan fingerprint density at radius 3 is 2.70 bits per heavy atom. The van der Waals surface area contributed by atoms with Crippen LogP contribution in [0.4, 0.5) is 5.69 Å². The van der Waals surface area contributed by atoms with E-state index in [9.17, 15) is 4.79 Å². The Labute approximate surface area is 159 Å². The van der Waals surface area contributed by atoms with Crippen molar-refractivity contribution in [3.8, 4) is 0 Å². The lowest BCUT2D eigenvalue weighted by Gasteiger charge is -2.11. The zero-order valence-corrected chi connectivity index (χ0v) is 15.6. The van der Waals surface area contributed by atoms with Gasteiger partial charge in [-0.25, -0.2) is 4.99 Å². The van der Waals surface area contributed by atoms with E-state index in [4.69, 9.17) is 5.73 Å². The molecule has 1 aromatic heterocycles. The van der Waals surface area contributed by atoms with E-state index < -0.39 is 0 Å². The molecular formula is C22H24N4O. The van der Waals surface area contributed by atoms with Gasteiger partial charge in [-0.05, 0) is 42.2 Å². The summed E-state index contributed by atoms with van der Waals surface area (Å²) in [5, 5.41) is 3.46. The maximum absolute atomic E-state index is 12.7. The fourth-order valence-corrected chi connectivity index (χ4v) is 2.92. The third-order valence-corrected chi connectivity index (χ3v) is 4.58.